The molecule has 0 aromatic heterocycles. The van der Waals surface area contributed by atoms with Crippen LogP contribution in [0.3, 0.4) is 0 Å². The first-order chi connectivity index (χ1) is 6.24. The van der Waals surface area contributed by atoms with Crippen molar-refractivity contribution in [2.45, 2.75) is 19.4 Å². The maximum atomic E-state index is 5.30. The SMILES string of the molecule is CCSCCC[Si](OC)(OC)OC. The van der Waals surface area contributed by atoms with Gasteiger partial charge in [0.05, 0.1) is 0 Å². The average Bonchev–Trinajstić information content (AvgIpc) is 2.20. The lowest BCUT2D eigenvalue weighted by Crippen LogP contribution is -2.42. The van der Waals surface area contributed by atoms with E-state index in [1.54, 1.807) is 21.3 Å². The Bertz CT molecular complexity index is 112. The molecule has 0 spiro atoms. The standard InChI is InChI=1S/C8H20O3SSi/c1-5-12-7-6-8-13(9-2,10-3)11-4/h5-8H2,1-4H3. The van der Waals surface area contributed by atoms with Crippen molar-refractivity contribution in [2.24, 2.45) is 0 Å². The van der Waals surface area contributed by atoms with Gasteiger partial charge < -0.3 is 13.3 Å². The molecule has 0 bridgehead atoms. The van der Waals surface area contributed by atoms with Crippen LogP contribution in [0.25, 0.3) is 0 Å². The van der Waals surface area contributed by atoms with Gasteiger partial charge in [-0.2, -0.15) is 11.8 Å². The molecular formula is C8H20O3SSi. The molecule has 0 amide bonds. The monoisotopic (exact) mass is 224 g/mol. The van der Waals surface area contributed by atoms with Gasteiger partial charge in [-0.25, -0.2) is 0 Å². The van der Waals surface area contributed by atoms with Crippen molar-refractivity contribution < 1.29 is 13.3 Å². The third-order valence-electron chi connectivity index (χ3n) is 1.91. The van der Waals surface area contributed by atoms with Gasteiger partial charge in [0.1, 0.15) is 0 Å². The molecule has 3 nitrogen and oxygen atoms in total. The molecule has 0 radical (unpaired) electrons. The summed E-state index contributed by atoms with van der Waals surface area (Å²) < 4.78 is 15.9. The van der Waals surface area contributed by atoms with E-state index in [-0.39, 0.29) is 0 Å². The predicted molar refractivity (Wildman–Crippen MR) is 59.2 cm³/mol. The largest absolute Gasteiger partial charge is 0.500 e. The molecule has 0 atom stereocenters. The molecule has 0 heterocycles. The molecule has 5 heteroatoms. The minimum absolute atomic E-state index is 0.906. The van der Waals surface area contributed by atoms with Gasteiger partial charge in [0.15, 0.2) is 0 Å². The van der Waals surface area contributed by atoms with E-state index in [0.717, 1.165) is 18.2 Å². The lowest BCUT2D eigenvalue weighted by molar-refractivity contribution is 0.123. The van der Waals surface area contributed by atoms with Gasteiger partial charge >= 0.3 is 8.80 Å². The maximum absolute atomic E-state index is 5.30. The van der Waals surface area contributed by atoms with E-state index in [9.17, 15) is 0 Å². The number of hydrogen-bond acceptors (Lipinski definition) is 4. The van der Waals surface area contributed by atoms with Gasteiger partial charge in [-0.05, 0) is 17.9 Å². The Balaban J connectivity index is 3.68. The molecule has 0 unspecified atom stereocenters. The fraction of sp³-hybridized carbons (Fsp3) is 1.00. The summed E-state index contributed by atoms with van der Waals surface area (Å²) >= 11 is 1.94. The van der Waals surface area contributed by atoms with Gasteiger partial charge in [-0.15, -0.1) is 0 Å². The molecule has 0 saturated heterocycles. The second kappa shape index (κ2) is 7.81. The van der Waals surface area contributed by atoms with Crippen molar-refractivity contribution in [1.82, 2.24) is 0 Å². The van der Waals surface area contributed by atoms with Crippen molar-refractivity contribution in [1.29, 1.82) is 0 Å². The smallest absolute Gasteiger partial charge is 0.377 e. The lowest BCUT2D eigenvalue weighted by atomic mass is 10.6. The molecule has 13 heavy (non-hydrogen) atoms. The van der Waals surface area contributed by atoms with Crippen LogP contribution >= 0.6 is 11.8 Å². The van der Waals surface area contributed by atoms with Gasteiger partial charge in [-0.3, -0.25) is 0 Å². The zero-order valence-corrected chi connectivity index (χ0v) is 10.8. The van der Waals surface area contributed by atoms with Crippen LogP contribution in [-0.2, 0) is 13.3 Å². The van der Waals surface area contributed by atoms with Gasteiger partial charge in [0, 0.05) is 27.4 Å². The van der Waals surface area contributed by atoms with E-state index in [1.807, 2.05) is 11.8 Å². The molecule has 0 N–H and O–H groups in total. The first-order valence-electron chi connectivity index (χ1n) is 4.48. The van der Waals surface area contributed by atoms with Crippen LogP contribution in [0.1, 0.15) is 13.3 Å². The molecule has 0 aromatic rings. The molecule has 80 valence electrons. The highest BCUT2D eigenvalue weighted by atomic mass is 32.2. The van der Waals surface area contributed by atoms with Crippen LogP contribution in [0.15, 0.2) is 0 Å². The first kappa shape index (κ1) is 13.4. The summed E-state index contributed by atoms with van der Waals surface area (Å²) in [6.45, 7) is 2.16. The predicted octanol–water partition coefficient (Wildman–Crippen LogP) is 2.01. The Morgan fingerprint density at radius 3 is 2.00 bits per heavy atom. The minimum Gasteiger partial charge on any atom is -0.377 e. The third kappa shape index (κ3) is 5.02. The van der Waals surface area contributed by atoms with Crippen molar-refractivity contribution in [3.63, 3.8) is 0 Å². The zero-order chi connectivity index (χ0) is 10.2. The molecular weight excluding hydrogens is 204 g/mol. The van der Waals surface area contributed by atoms with Crippen LogP contribution in [-0.4, -0.2) is 41.6 Å². The fourth-order valence-electron chi connectivity index (χ4n) is 1.09. The Morgan fingerprint density at radius 1 is 1.08 bits per heavy atom. The lowest BCUT2D eigenvalue weighted by Gasteiger charge is -2.24. The number of hydrogen-bond donors (Lipinski definition) is 0. The Hall–Kier alpha value is 0.447. The topological polar surface area (TPSA) is 27.7 Å². The second-order valence-corrected chi connectivity index (χ2v) is 7.08. The summed E-state index contributed by atoms with van der Waals surface area (Å²) in [7, 11) is 2.70. The highest BCUT2D eigenvalue weighted by Crippen LogP contribution is 2.16. The van der Waals surface area contributed by atoms with Gasteiger partial charge in [0.25, 0.3) is 0 Å². The highest BCUT2D eigenvalue weighted by molar-refractivity contribution is 7.99. The van der Waals surface area contributed by atoms with Crippen LogP contribution in [0.5, 0.6) is 0 Å². The Labute approximate surface area is 86.5 Å². The third-order valence-corrected chi connectivity index (χ3v) is 5.73. The molecule has 0 aromatic carbocycles. The quantitative estimate of drug-likeness (QED) is 0.466. The Morgan fingerprint density at radius 2 is 1.62 bits per heavy atom. The summed E-state index contributed by atoms with van der Waals surface area (Å²) in [5.41, 5.74) is 0. The molecule has 0 aliphatic rings. The first-order valence-corrected chi connectivity index (χ1v) is 7.56. The van der Waals surface area contributed by atoms with Crippen LogP contribution in [0.2, 0.25) is 6.04 Å². The summed E-state index contributed by atoms with van der Waals surface area (Å²) in [5, 5.41) is 0. The second-order valence-electron chi connectivity index (χ2n) is 2.60. The van der Waals surface area contributed by atoms with E-state index in [4.69, 9.17) is 13.3 Å². The molecule has 0 fully saturated rings. The summed E-state index contributed by atoms with van der Waals surface area (Å²) in [6, 6.07) is 0.906. The molecule has 0 saturated carbocycles. The normalized spacial score (nSPS) is 12.0. The minimum atomic E-state index is -2.28. The Kier molecular flexibility index (Phi) is 8.08. The number of rotatable bonds is 8. The molecule has 0 rings (SSSR count). The van der Waals surface area contributed by atoms with E-state index in [0.29, 0.717) is 0 Å². The average molecular weight is 224 g/mol. The highest BCUT2D eigenvalue weighted by Gasteiger charge is 2.36. The van der Waals surface area contributed by atoms with Crippen molar-refractivity contribution in [3.8, 4) is 0 Å². The summed E-state index contributed by atoms with van der Waals surface area (Å²) in [4.78, 5) is 0. The van der Waals surface area contributed by atoms with Crippen molar-refractivity contribution in [3.05, 3.63) is 0 Å². The maximum Gasteiger partial charge on any atom is 0.500 e. The zero-order valence-electron chi connectivity index (χ0n) is 8.96. The van der Waals surface area contributed by atoms with Crippen LogP contribution in [0.4, 0.5) is 0 Å². The van der Waals surface area contributed by atoms with Crippen molar-refractivity contribution in [2.75, 3.05) is 32.8 Å². The molecule has 0 aliphatic carbocycles. The van der Waals surface area contributed by atoms with E-state index in [1.165, 1.54) is 5.75 Å². The molecule has 0 aliphatic heterocycles. The van der Waals surface area contributed by atoms with Crippen LogP contribution in [0, 0.1) is 0 Å². The summed E-state index contributed by atoms with van der Waals surface area (Å²) in [6.07, 6.45) is 1.10. The van der Waals surface area contributed by atoms with Crippen molar-refractivity contribution >= 4 is 20.6 Å². The fourth-order valence-corrected chi connectivity index (χ4v) is 3.71. The van der Waals surface area contributed by atoms with Gasteiger partial charge in [0.2, 0.25) is 0 Å². The van der Waals surface area contributed by atoms with Crippen LogP contribution < -0.4 is 0 Å². The van der Waals surface area contributed by atoms with E-state index >= 15 is 0 Å². The number of thioether (sulfide) groups is 1. The van der Waals surface area contributed by atoms with E-state index in [2.05, 4.69) is 6.92 Å². The summed E-state index contributed by atoms with van der Waals surface area (Å²) in [5.74, 6) is 2.32. The van der Waals surface area contributed by atoms with E-state index < -0.39 is 8.80 Å². The van der Waals surface area contributed by atoms with Gasteiger partial charge in [-0.1, -0.05) is 6.92 Å².